The van der Waals surface area contributed by atoms with Crippen molar-refractivity contribution in [3.63, 3.8) is 0 Å². The normalized spacial score (nSPS) is 31.1. The first kappa shape index (κ1) is 16.5. The molecule has 1 saturated carbocycles. The third kappa shape index (κ3) is 4.14. The number of hydrogen-bond acceptors (Lipinski definition) is 1. The lowest BCUT2D eigenvalue weighted by Crippen LogP contribution is -2.32. The number of rotatable bonds is 4. The third-order valence-corrected chi connectivity index (χ3v) is 5.72. The predicted octanol–water partition coefficient (Wildman–Crippen LogP) is 5.30. The maximum atomic E-state index is 6.32. The van der Waals surface area contributed by atoms with Gasteiger partial charge in [0.25, 0.3) is 0 Å². The maximum Gasteiger partial charge on any atom is 0.0131 e. The molecule has 3 atom stereocenters. The summed E-state index contributed by atoms with van der Waals surface area (Å²) in [4.78, 5) is 0. The molecular formula is C22H31N. The Labute approximate surface area is 141 Å². The largest absolute Gasteiger partial charge is 0.325 e. The van der Waals surface area contributed by atoms with Gasteiger partial charge in [-0.2, -0.15) is 0 Å². The van der Waals surface area contributed by atoms with Gasteiger partial charge in [-0.3, -0.25) is 0 Å². The average molecular weight is 309 g/mol. The second-order valence-electron chi connectivity index (χ2n) is 7.92. The summed E-state index contributed by atoms with van der Waals surface area (Å²) in [6.07, 6.45) is 17.3. The molecule has 23 heavy (non-hydrogen) atoms. The van der Waals surface area contributed by atoms with Gasteiger partial charge < -0.3 is 5.73 Å². The number of allylic oxidation sites excluding steroid dienone is 4. The topological polar surface area (TPSA) is 26.0 Å². The molecule has 2 aliphatic carbocycles. The van der Waals surface area contributed by atoms with Gasteiger partial charge in [0.15, 0.2) is 0 Å². The van der Waals surface area contributed by atoms with Crippen molar-refractivity contribution in [1.82, 2.24) is 0 Å². The molecule has 1 aromatic carbocycles. The maximum absolute atomic E-state index is 6.32. The van der Waals surface area contributed by atoms with E-state index in [1.54, 1.807) is 11.1 Å². The van der Waals surface area contributed by atoms with E-state index >= 15 is 0 Å². The molecule has 1 nitrogen and oxygen atoms in total. The molecule has 2 N–H and O–H groups in total. The molecule has 0 radical (unpaired) electrons. The van der Waals surface area contributed by atoms with Crippen LogP contribution in [0.4, 0.5) is 0 Å². The first-order valence-electron chi connectivity index (χ1n) is 9.26. The zero-order chi connectivity index (χ0) is 16.3. The second-order valence-corrected chi connectivity index (χ2v) is 7.92. The van der Waals surface area contributed by atoms with Gasteiger partial charge >= 0.3 is 0 Å². The van der Waals surface area contributed by atoms with E-state index in [4.69, 9.17) is 5.73 Å². The molecule has 1 aromatic rings. The van der Waals surface area contributed by atoms with Crippen molar-refractivity contribution in [3.8, 4) is 0 Å². The van der Waals surface area contributed by atoms with Crippen LogP contribution in [0.15, 0.2) is 42.5 Å². The summed E-state index contributed by atoms with van der Waals surface area (Å²) in [6.45, 7) is 4.27. The Kier molecular flexibility index (Phi) is 5.06. The van der Waals surface area contributed by atoms with Gasteiger partial charge in [0.2, 0.25) is 0 Å². The molecule has 1 fully saturated rings. The van der Waals surface area contributed by atoms with Crippen LogP contribution >= 0.6 is 0 Å². The average Bonchev–Trinajstić information content (AvgIpc) is 2.91. The van der Waals surface area contributed by atoms with Crippen LogP contribution in [0, 0.1) is 5.92 Å². The first-order chi connectivity index (χ1) is 11.1. The van der Waals surface area contributed by atoms with Crippen molar-refractivity contribution in [3.05, 3.63) is 59.2 Å². The van der Waals surface area contributed by atoms with E-state index in [9.17, 15) is 0 Å². The third-order valence-electron chi connectivity index (χ3n) is 5.72. The van der Waals surface area contributed by atoms with E-state index < -0.39 is 0 Å². The van der Waals surface area contributed by atoms with Gasteiger partial charge in [0, 0.05) is 5.54 Å². The van der Waals surface area contributed by atoms with Crippen LogP contribution in [0.3, 0.4) is 0 Å². The fourth-order valence-electron chi connectivity index (χ4n) is 4.32. The molecule has 0 unspecified atom stereocenters. The van der Waals surface area contributed by atoms with Crippen LogP contribution < -0.4 is 5.73 Å². The molecule has 0 bridgehead atoms. The van der Waals surface area contributed by atoms with Crippen molar-refractivity contribution >= 4 is 0 Å². The van der Waals surface area contributed by atoms with E-state index in [1.807, 2.05) is 0 Å². The van der Waals surface area contributed by atoms with Crippen molar-refractivity contribution in [2.24, 2.45) is 11.7 Å². The van der Waals surface area contributed by atoms with Crippen LogP contribution in [0.1, 0.15) is 68.6 Å². The zero-order valence-corrected chi connectivity index (χ0v) is 14.7. The van der Waals surface area contributed by atoms with Crippen LogP contribution in [-0.4, -0.2) is 5.54 Å². The van der Waals surface area contributed by atoms with E-state index in [1.165, 1.54) is 37.7 Å². The van der Waals surface area contributed by atoms with E-state index in [0.717, 1.165) is 18.8 Å². The Bertz CT molecular complexity index is 594. The first-order valence-corrected chi connectivity index (χ1v) is 9.26. The van der Waals surface area contributed by atoms with Crippen LogP contribution in [-0.2, 0) is 12.8 Å². The number of fused-ring (bicyclic) bond motifs is 1. The summed E-state index contributed by atoms with van der Waals surface area (Å²) >= 11 is 0. The number of benzene rings is 1. The van der Waals surface area contributed by atoms with E-state index in [2.05, 4.69) is 56.4 Å². The summed E-state index contributed by atoms with van der Waals surface area (Å²) in [6, 6.07) is 7.27. The fraction of sp³-hybridized carbons (Fsp3) is 0.545. The summed E-state index contributed by atoms with van der Waals surface area (Å²) in [7, 11) is 0. The Morgan fingerprint density at radius 2 is 2.09 bits per heavy atom. The number of hydrogen-bond donors (Lipinski definition) is 1. The Morgan fingerprint density at radius 3 is 2.83 bits per heavy atom. The van der Waals surface area contributed by atoms with Gasteiger partial charge in [-0.05, 0) is 87.3 Å². The highest BCUT2D eigenvalue weighted by atomic mass is 14.7. The molecule has 0 heterocycles. The number of aryl methyl sites for hydroxylation is 1. The van der Waals surface area contributed by atoms with Crippen molar-refractivity contribution in [2.75, 3.05) is 0 Å². The SMILES string of the molecule is C/C=C/C=C\C[C@@H]1CCc2cc([C@H]3CC[C@@](C)(N)C3)ccc2C1. The Hall–Kier alpha value is -1.34. The fourth-order valence-corrected chi connectivity index (χ4v) is 4.32. The lowest BCUT2D eigenvalue weighted by molar-refractivity contribution is 0.462. The van der Waals surface area contributed by atoms with Crippen LogP contribution in [0.2, 0.25) is 0 Å². The molecule has 0 spiro atoms. The molecule has 0 aliphatic heterocycles. The zero-order valence-electron chi connectivity index (χ0n) is 14.7. The minimum absolute atomic E-state index is 0.0466. The van der Waals surface area contributed by atoms with E-state index in [0.29, 0.717) is 5.92 Å². The highest BCUT2D eigenvalue weighted by Crippen LogP contribution is 2.40. The minimum Gasteiger partial charge on any atom is -0.325 e. The van der Waals surface area contributed by atoms with Crippen molar-refractivity contribution < 1.29 is 0 Å². The van der Waals surface area contributed by atoms with Gasteiger partial charge in [-0.15, -0.1) is 0 Å². The highest BCUT2D eigenvalue weighted by molar-refractivity contribution is 5.36. The highest BCUT2D eigenvalue weighted by Gasteiger charge is 2.32. The Morgan fingerprint density at radius 1 is 1.22 bits per heavy atom. The molecule has 0 aromatic heterocycles. The standard InChI is InChI=1S/C22H31N/c1-3-4-5-6-7-17-8-9-19-15-20(11-10-18(19)14-17)21-12-13-22(2,23)16-21/h3-6,10-11,15,17,21H,7-9,12-14,16,23H2,1-2H3/b4-3+,6-5-/t17-,21+,22-/m1/s1. The van der Waals surface area contributed by atoms with Crippen LogP contribution in [0.25, 0.3) is 0 Å². The predicted molar refractivity (Wildman–Crippen MR) is 99.7 cm³/mol. The monoisotopic (exact) mass is 309 g/mol. The van der Waals surface area contributed by atoms with Gasteiger partial charge in [-0.25, -0.2) is 0 Å². The lowest BCUT2D eigenvalue weighted by Gasteiger charge is -2.25. The minimum atomic E-state index is 0.0466. The second kappa shape index (κ2) is 7.05. The summed E-state index contributed by atoms with van der Waals surface area (Å²) < 4.78 is 0. The smallest absolute Gasteiger partial charge is 0.0131 e. The molecule has 1 heteroatoms. The van der Waals surface area contributed by atoms with E-state index in [-0.39, 0.29) is 5.54 Å². The molecule has 124 valence electrons. The molecular weight excluding hydrogens is 278 g/mol. The lowest BCUT2D eigenvalue weighted by atomic mass is 9.80. The molecule has 2 aliphatic rings. The summed E-state index contributed by atoms with van der Waals surface area (Å²) in [5.41, 5.74) is 11.1. The van der Waals surface area contributed by atoms with Gasteiger partial charge in [0.05, 0.1) is 0 Å². The van der Waals surface area contributed by atoms with Crippen molar-refractivity contribution in [2.45, 2.75) is 70.3 Å². The Balaban J connectivity index is 1.64. The van der Waals surface area contributed by atoms with Gasteiger partial charge in [-0.1, -0.05) is 42.5 Å². The molecule has 0 saturated heterocycles. The molecule has 0 amide bonds. The van der Waals surface area contributed by atoms with Crippen LogP contribution in [0.5, 0.6) is 0 Å². The van der Waals surface area contributed by atoms with Crippen molar-refractivity contribution in [1.29, 1.82) is 0 Å². The quantitative estimate of drug-likeness (QED) is 0.750. The summed E-state index contributed by atoms with van der Waals surface area (Å²) in [5, 5.41) is 0. The summed E-state index contributed by atoms with van der Waals surface area (Å²) in [5.74, 6) is 1.49. The number of nitrogens with two attached hydrogens (primary N) is 1. The molecule has 3 rings (SSSR count). The van der Waals surface area contributed by atoms with Gasteiger partial charge in [0.1, 0.15) is 0 Å².